The van der Waals surface area contributed by atoms with Gasteiger partial charge in [0, 0.05) is 59.6 Å². The smallest absolute Gasteiger partial charge is 0.0637 e. The molecular formula is C31H53N9O3. The number of hydrogen-bond donors (Lipinski definition) is 0. The molecule has 0 aromatic heterocycles. The molecule has 5 unspecified atom stereocenters. The van der Waals surface area contributed by atoms with Gasteiger partial charge in [-0.3, -0.25) is 0 Å². The molecule has 0 spiro atoms. The van der Waals surface area contributed by atoms with Gasteiger partial charge in [-0.05, 0) is 122 Å². The minimum absolute atomic E-state index is 0.0793. The Labute approximate surface area is 256 Å². The molecule has 0 N–H and O–H groups in total. The number of hydrogen-bond acceptors (Lipinski definition) is 6. The zero-order valence-corrected chi connectivity index (χ0v) is 26.8. The standard InChI is InChI=1S/C31H53N9O3/c1-21(2)24-8-9-25-29-26(20-28(31(24,25)4)43-17-7-14-37-40-34)30(3)11-10-23(41-15-5-12-35-38-32)18-22(30)19-27(29)42-16-6-13-36-39-33/h21-29H,5-20H2,1-4H3/t22?,23-,24?,25+,26+,27-,28+,29?,30?,31?/m1/s1. The highest BCUT2D eigenvalue weighted by molar-refractivity contribution is 5.15. The second kappa shape index (κ2) is 15.7. The molecule has 0 amide bonds. The molecule has 4 aliphatic rings. The van der Waals surface area contributed by atoms with Crippen molar-refractivity contribution < 1.29 is 14.2 Å². The summed E-state index contributed by atoms with van der Waals surface area (Å²) in [6.45, 7) is 13.1. The maximum atomic E-state index is 8.74. The van der Waals surface area contributed by atoms with Crippen molar-refractivity contribution in [3.63, 3.8) is 0 Å². The van der Waals surface area contributed by atoms with Crippen molar-refractivity contribution in [2.75, 3.05) is 39.5 Å². The largest absolute Gasteiger partial charge is 0.378 e. The summed E-state index contributed by atoms with van der Waals surface area (Å²) >= 11 is 0. The summed E-state index contributed by atoms with van der Waals surface area (Å²) in [5.41, 5.74) is 26.3. The van der Waals surface area contributed by atoms with Crippen molar-refractivity contribution in [1.82, 2.24) is 0 Å². The highest BCUT2D eigenvalue weighted by Crippen LogP contribution is 2.69. The number of nitrogens with zero attached hydrogens (tertiary/aromatic N) is 9. The van der Waals surface area contributed by atoms with E-state index < -0.39 is 0 Å². The van der Waals surface area contributed by atoms with Crippen LogP contribution in [-0.2, 0) is 14.2 Å². The van der Waals surface area contributed by atoms with Crippen molar-refractivity contribution in [2.45, 2.75) is 110 Å². The molecule has 0 aromatic carbocycles. The van der Waals surface area contributed by atoms with Crippen LogP contribution in [0.25, 0.3) is 31.3 Å². The fraction of sp³-hybridized carbons (Fsp3) is 1.00. The van der Waals surface area contributed by atoms with Gasteiger partial charge >= 0.3 is 0 Å². The number of fused-ring (bicyclic) bond motifs is 5. The fourth-order valence-corrected chi connectivity index (χ4v) is 10.0. The Morgan fingerprint density at radius 2 is 1.35 bits per heavy atom. The van der Waals surface area contributed by atoms with Gasteiger partial charge in [0.25, 0.3) is 0 Å². The summed E-state index contributed by atoms with van der Waals surface area (Å²) in [4.78, 5) is 8.69. The monoisotopic (exact) mass is 599 g/mol. The average Bonchev–Trinajstić information content (AvgIpc) is 3.35. The molecule has 4 fully saturated rings. The first kappa shape index (κ1) is 33.7. The third kappa shape index (κ3) is 7.38. The van der Waals surface area contributed by atoms with Crippen molar-refractivity contribution in [3.05, 3.63) is 31.3 Å². The summed E-state index contributed by atoms with van der Waals surface area (Å²) in [6, 6.07) is 0. The molecule has 0 aliphatic heterocycles. The molecule has 12 nitrogen and oxygen atoms in total. The fourth-order valence-electron chi connectivity index (χ4n) is 10.0. The average molecular weight is 600 g/mol. The highest BCUT2D eigenvalue weighted by atomic mass is 16.5. The van der Waals surface area contributed by atoms with Gasteiger partial charge < -0.3 is 14.2 Å². The van der Waals surface area contributed by atoms with Crippen LogP contribution in [0.1, 0.15) is 91.9 Å². The lowest BCUT2D eigenvalue weighted by molar-refractivity contribution is -0.227. The van der Waals surface area contributed by atoms with E-state index in [1.807, 2.05) is 0 Å². The van der Waals surface area contributed by atoms with E-state index in [1.165, 1.54) is 12.8 Å². The molecule has 0 bridgehead atoms. The van der Waals surface area contributed by atoms with Crippen molar-refractivity contribution in [2.24, 2.45) is 61.7 Å². The van der Waals surface area contributed by atoms with Gasteiger partial charge in [-0.15, -0.1) is 0 Å². The van der Waals surface area contributed by atoms with Gasteiger partial charge in [0.1, 0.15) is 0 Å². The van der Waals surface area contributed by atoms with Crippen LogP contribution in [0.5, 0.6) is 0 Å². The van der Waals surface area contributed by atoms with E-state index >= 15 is 0 Å². The summed E-state index contributed by atoms with van der Waals surface area (Å²) in [5, 5.41) is 11.1. The Morgan fingerprint density at radius 1 is 0.744 bits per heavy atom. The molecule has 4 rings (SSSR count). The van der Waals surface area contributed by atoms with E-state index in [4.69, 9.17) is 30.8 Å². The number of rotatable bonds is 16. The normalized spacial score (nSPS) is 38.2. The Kier molecular flexibility index (Phi) is 12.3. The van der Waals surface area contributed by atoms with Crippen LogP contribution in [0.2, 0.25) is 0 Å². The van der Waals surface area contributed by atoms with E-state index in [0.29, 0.717) is 75.0 Å². The van der Waals surface area contributed by atoms with Crippen LogP contribution in [0, 0.1) is 46.3 Å². The van der Waals surface area contributed by atoms with Crippen LogP contribution in [0.15, 0.2) is 15.3 Å². The lowest BCUT2D eigenvalue weighted by atomic mass is 9.43. The molecule has 0 saturated heterocycles. The molecule has 240 valence electrons. The van der Waals surface area contributed by atoms with E-state index in [9.17, 15) is 0 Å². The Morgan fingerprint density at radius 3 is 1.95 bits per heavy atom. The molecule has 0 heterocycles. The molecular weight excluding hydrogens is 546 g/mol. The van der Waals surface area contributed by atoms with Gasteiger partial charge in [-0.2, -0.15) is 0 Å². The minimum atomic E-state index is 0.0793. The lowest BCUT2D eigenvalue weighted by Gasteiger charge is -2.64. The van der Waals surface area contributed by atoms with Crippen LogP contribution in [0.3, 0.4) is 0 Å². The lowest BCUT2D eigenvalue weighted by Crippen LogP contribution is -2.63. The van der Waals surface area contributed by atoms with Crippen LogP contribution in [0.4, 0.5) is 0 Å². The zero-order valence-electron chi connectivity index (χ0n) is 26.8. The van der Waals surface area contributed by atoms with E-state index in [-0.39, 0.29) is 29.1 Å². The Bertz CT molecular complexity index is 1060. The summed E-state index contributed by atoms with van der Waals surface area (Å²) in [7, 11) is 0. The predicted molar refractivity (Wildman–Crippen MR) is 166 cm³/mol. The molecule has 10 atom stereocenters. The first-order chi connectivity index (χ1) is 20.8. The maximum Gasteiger partial charge on any atom is 0.0637 e. The van der Waals surface area contributed by atoms with Gasteiger partial charge in [0.15, 0.2) is 0 Å². The number of azide groups is 3. The first-order valence-corrected chi connectivity index (χ1v) is 16.7. The topological polar surface area (TPSA) is 174 Å². The van der Waals surface area contributed by atoms with Crippen molar-refractivity contribution in [3.8, 4) is 0 Å². The van der Waals surface area contributed by atoms with Gasteiger partial charge in [0.05, 0.1) is 18.3 Å². The Hall–Kier alpha value is -2.19. The van der Waals surface area contributed by atoms with E-state index in [0.717, 1.165) is 51.4 Å². The van der Waals surface area contributed by atoms with Crippen LogP contribution >= 0.6 is 0 Å². The third-order valence-electron chi connectivity index (χ3n) is 12.0. The molecule has 43 heavy (non-hydrogen) atoms. The van der Waals surface area contributed by atoms with Crippen LogP contribution in [-0.4, -0.2) is 57.8 Å². The SMILES string of the molecule is CC(C)C1CC[C@H]2C3[C@H](OCCCN=[N+]=[N-])CC4C[C@H](OCCCN=[N+]=[N-])CCC4(C)[C@H]3C[C@H](OCCCN=[N+]=[N-])C12C. The molecule has 4 aliphatic carbocycles. The van der Waals surface area contributed by atoms with E-state index in [2.05, 4.69) is 57.8 Å². The minimum Gasteiger partial charge on any atom is -0.378 e. The second-order valence-corrected chi connectivity index (χ2v) is 14.2. The van der Waals surface area contributed by atoms with Gasteiger partial charge in [0.2, 0.25) is 0 Å². The summed E-state index contributed by atoms with van der Waals surface area (Å²) < 4.78 is 20.0. The van der Waals surface area contributed by atoms with Crippen LogP contribution < -0.4 is 0 Å². The third-order valence-corrected chi connectivity index (χ3v) is 12.0. The molecule has 12 heteroatoms. The van der Waals surface area contributed by atoms with Crippen molar-refractivity contribution >= 4 is 0 Å². The molecule has 0 radical (unpaired) electrons. The van der Waals surface area contributed by atoms with E-state index in [1.54, 1.807) is 0 Å². The van der Waals surface area contributed by atoms with Gasteiger partial charge in [-0.1, -0.05) is 43.0 Å². The number of ether oxygens (including phenoxy) is 3. The zero-order chi connectivity index (χ0) is 30.9. The highest BCUT2D eigenvalue weighted by Gasteiger charge is 2.66. The predicted octanol–water partition coefficient (Wildman–Crippen LogP) is 8.78. The van der Waals surface area contributed by atoms with Gasteiger partial charge in [-0.25, -0.2) is 0 Å². The summed E-state index contributed by atoms with van der Waals surface area (Å²) in [5.74, 6) is 3.22. The Balaban J connectivity index is 1.58. The maximum absolute atomic E-state index is 8.74. The second-order valence-electron chi connectivity index (χ2n) is 14.2. The quantitative estimate of drug-likeness (QED) is 0.0747. The first-order valence-electron chi connectivity index (χ1n) is 16.7. The molecule has 0 aromatic rings. The molecule has 4 saturated carbocycles. The summed E-state index contributed by atoms with van der Waals surface area (Å²) in [6.07, 6.45) is 10.6. The van der Waals surface area contributed by atoms with Crippen molar-refractivity contribution in [1.29, 1.82) is 0 Å².